The monoisotopic (exact) mass is 496 g/mol. The summed E-state index contributed by atoms with van der Waals surface area (Å²) in [6.07, 6.45) is 3.63. The molecule has 176 valence electrons. The summed E-state index contributed by atoms with van der Waals surface area (Å²) in [5, 5.41) is 2.86. The van der Waals surface area contributed by atoms with Crippen LogP contribution in [0, 0.1) is 0 Å². The topological polar surface area (TPSA) is 83.5 Å². The summed E-state index contributed by atoms with van der Waals surface area (Å²) in [6, 6.07) is 19.6. The molecular formula is C26H25ClN2O4S. The predicted molar refractivity (Wildman–Crippen MR) is 133 cm³/mol. The number of hydrogen-bond acceptors (Lipinski definition) is 4. The van der Waals surface area contributed by atoms with Crippen molar-refractivity contribution in [2.24, 2.45) is 0 Å². The molecule has 3 aromatic rings. The van der Waals surface area contributed by atoms with E-state index in [4.69, 9.17) is 11.6 Å². The van der Waals surface area contributed by atoms with Crippen molar-refractivity contribution < 1.29 is 18.0 Å². The molecule has 0 radical (unpaired) electrons. The molecule has 1 fully saturated rings. The lowest BCUT2D eigenvalue weighted by molar-refractivity contribution is 0.102. The van der Waals surface area contributed by atoms with Crippen LogP contribution in [0.1, 0.15) is 52.0 Å². The first-order chi connectivity index (χ1) is 16.4. The molecule has 3 aromatic carbocycles. The summed E-state index contributed by atoms with van der Waals surface area (Å²) >= 11 is 6.28. The predicted octanol–water partition coefficient (Wildman–Crippen LogP) is 5.39. The molecule has 1 saturated heterocycles. The third-order valence-electron chi connectivity index (χ3n) is 5.84. The van der Waals surface area contributed by atoms with E-state index in [9.17, 15) is 18.0 Å². The van der Waals surface area contributed by atoms with E-state index in [-0.39, 0.29) is 21.3 Å². The van der Waals surface area contributed by atoms with E-state index in [1.165, 1.54) is 22.5 Å². The fourth-order valence-corrected chi connectivity index (χ4v) is 5.74. The van der Waals surface area contributed by atoms with Crippen LogP contribution in [0.15, 0.2) is 77.7 Å². The van der Waals surface area contributed by atoms with Gasteiger partial charge in [0.15, 0.2) is 5.78 Å². The highest BCUT2D eigenvalue weighted by atomic mass is 35.5. The molecule has 0 unspecified atom stereocenters. The Morgan fingerprint density at radius 1 is 0.794 bits per heavy atom. The highest BCUT2D eigenvalue weighted by Crippen LogP contribution is 2.27. The Balaban J connectivity index is 1.62. The SMILES string of the molecule is O=C(Nc1ccccc1C(=O)c1ccccc1)c1cc(S(=O)(=O)N2CCCCCC2)ccc1Cl. The second kappa shape index (κ2) is 10.5. The molecule has 0 aromatic heterocycles. The van der Waals surface area contributed by atoms with Gasteiger partial charge in [0.2, 0.25) is 10.0 Å². The van der Waals surface area contributed by atoms with Crippen molar-refractivity contribution in [3.63, 3.8) is 0 Å². The molecule has 0 saturated carbocycles. The Kier molecular flexibility index (Phi) is 7.46. The first-order valence-corrected chi connectivity index (χ1v) is 13.0. The molecule has 0 aliphatic carbocycles. The van der Waals surface area contributed by atoms with Crippen molar-refractivity contribution in [3.8, 4) is 0 Å². The maximum atomic E-state index is 13.2. The zero-order chi connectivity index (χ0) is 24.1. The van der Waals surface area contributed by atoms with Gasteiger partial charge in [0.05, 0.1) is 21.2 Å². The highest BCUT2D eigenvalue weighted by molar-refractivity contribution is 7.89. The largest absolute Gasteiger partial charge is 0.321 e. The quantitative estimate of drug-likeness (QED) is 0.464. The average molecular weight is 497 g/mol. The minimum atomic E-state index is -3.75. The number of amides is 1. The number of para-hydroxylation sites is 1. The number of sulfonamides is 1. The molecule has 6 nitrogen and oxygen atoms in total. The van der Waals surface area contributed by atoms with Crippen LogP contribution >= 0.6 is 11.6 Å². The Labute approximate surface area is 204 Å². The standard InChI is InChI=1S/C26H25ClN2O4S/c27-23-15-14-20(34(32,33)29-16-8-1-2-9-17-29)18-22(23)26(31)28-24-13-7-6-12-21(24)25(30)19-10-4-3-5-11-19/h3-7,10-15,18H,1-2,8-9,16-17H2,(H,28,31). The van der Waals surface area contributed by atoms with Crippen LogP contribution in [-0.2, 0) is 10.0 Å². The van der Waals surface area contributed by atoms with Crippen LogP contribution in [0.25, 0.3) is 0 Å². The average Bonchev–Trinajstić information content (AvgIpc) is 3.15. The smallest absolute Gasteiger partial charge is 0.257 e. The van der Waals surface area contributed by atoms with Gasteiger partial charge in [-0.3, -0.25) is 9.59 Å². The summed E-state index contributed by atoms with van der Waals surface area (Å²) in [5.41, 5.74) is 1.16. The van der Waals surface area contributed by atoms with Crippen LogP contribution in [0.2, 0.25) is 5.02 Å². The minimum absolute atomic E-state index is 0.0256. The Morgan fingerprint density at radius 2 is 1.44 bits per heavy atom. The van der Waals surface area contributed by atoms with Crippen molar-refractivity contribution in [2.75, 3.05) is 18.4 Å². The van der Waals surface area contributed by atoms with Gasteiger partial charge in [-0.1, -0.05) is 66.9 Å². The number of ketones is 1. The lowest BCUT2D eigenvalue weighted by Gasteiger charge is -2.20. The highest BCUT2D eigenvalue weighted by Gasteiger charge is 2.27. The van der Waals surface area contributed by atoms with Crippen LogP contribution in [-0.4, -0.2) is 37.5 Å². The van der Waals surface area contributed by atoms with Crippen molar-refractivity contribution >= 4 is 39.0 Å². The van der Waals surface area contributed by atoms with Crippen molar-refractivity contribution in [1.82, 2.24) is 4.31 Å². The lowest BCUT2D eigenvalue weighted by Crippen LogP contribution is -2.32. The van der Waals surface area contributed by atoms with E-state index in [1.54, 1.807) is 48.5 Å². The van der Waals surface area contributed by atoms with Gasteiger partial charge in [0, 0.05) is 24.2 Å². The van der Waals surface area contributed by atoms with E-state index in [0.29, 0.717) is 29.9 Å². The van der Waals surface area contributed by atoms with Gasteiger partial charge in [-0.05, 0) is 43.2 Å². The molecule has 0 bridgehead atoms. The second-order valence-corrected chi connectivity index (χ2v) is 10.5. The van der Waals surface area contributed by atoms with Gasteiger partial charge in [0.25, 0.3) is 5.91 Å². The number of nitrogens with zero attached hydrogens (tertiary/aromatic N) is 1. The third kappa shape index (κ3) is 5.22. The maximum Gasteiger partial charge on any atom is 0.257 e. The first kappa shape index (κ1) is 24.1. The Bertz CT molecular complexity index is 1300. The normalized spacial score (nSPS) is 14.9. The Hall–Kier alpha value is -3.00. The van der Waals surface area contributed by atoms with Crippen molar-refractivity contribution in [3.05, 3.63) is 94.5 Å². The number of carbonyl (C=O) groups is 2. The van der Waals surface area contributed by atoms with E-state index in [2.05, 4.69) is 5.32 Å². The molecular weight excluding hydrogens is 472 g/mol. The van der Waals surface area contributed by atoms with Gasteiger partial charge < -0.3 is 5.32 Å². The van der Waals surface area contributed by atoms with E-state index < -0.39 is 15.9 Å². The van der Waals surface area contributed by atoms with E-state index in [1.807, 2.05) is 6.07 Å². The number of halogens is 1. The molecule has 8 heteroatoms. The summed E-state index contributed by atoms with van der Waals surface area (Å²) in [7, 11) is -3.75. The molecule has 1 aliphatic heterocycles. The van der Waals surface area contributed by atoms with Gasteiger partial charge >= 0.3 is 0 Å². The second-order valence-electron chi connectivity index (χ2n) is 8.15. The number of hydrogen-bond donors (Lipinski definition) is 1. The number of anilines is 1. The summed E-state index contributed by atoms with van der Waals surface area (Å²) in [5.74, 6) is -0.827. The molecule has 1 heterocycles. The summed E-state index contributed by atoms with van der Waals surface area (Å²) in [4.78, 5) is 26.1. The third-order valence-corrected chi connectivity index (χ3v) is 8.07. The number of rotatable bonds is 6. The molecule has 0 atom stereocenters. The van der Waals surface area contributed by atoms with Crippen LogP contribution in [0.3, 0.4) is 0 Å². The molecule has 0 spiro atoms. The summed E-state index contributed by atoms with van der Waals surface area (Å²) < 4.78 is 27.9. The number of benzene rings is 3. The summed E-state index contributed by atoms with van der Waals surface area (Å²) in [6.45, 7) is 0.920. The number of carbonyl (C=O) groups excluding carboxylic acids is 2. The van der Waals surface area contributed by atoms with Gasteiger partial charge in [-0.2, -0.15) is 4.31 Å². The van der Waals surface area contributed by atoms with Gasteiger partial charge in [-0.25, -0.2) is 8.42 Å². The van der Waals surface area contributed by atoms with E-state index >= 15 is 0 Å². The van der Waals surface area contributed by atoms with Gasteiger partial charge in [-0.15, -0.1) is 0 Å². The van der Waals surface area contributed by atoms with Gasteiger partial charge in [0.1, 0.15) is 0 Å². The molecule has 1 N–H and O–H groups in total. The fraction of sp³-hybridized carbons (Fsp3) is 0.231. The minimum Gasteiger partial charge on any atom is -0.321 e. The molecule has 34 heavy (non-hydrogen) atoms. The van der Waals surface area contributed by atoms with Crippen LogP contribution in [0.4, 0.5) is 5.69 Å². The first-order valence-electron chi connectivity index (χ1n) is 11.2. The Morgan fingerprint density at radius 3 is 2.15 bits per heavy atom. The van der Waals surface area contributed by atoms with Crippen LogP contribution in [0.5, 0.6) is 0 Å². The van der Waals surface area contributed by atoms with Crippen molar-refractivity contribution in [2.45, 2.75) is 30.6 Å². The molecule has 4 rings (SSSR count). The zero-order valence-corrected chi connectivity index (χ0v) is 20.1. The molecule has 1 amide bonds. The van der Waals surface area contributed by atoms with Crippen LogP contribution < -0.4 is 5.32 Å². The fourth-order valence-electron chi connectivity index (χ4n) is 3.99. The maximum absolute atomic E-state index is 13.2. The van der Waals surface area contributed by atoms with E-state index in [0.717, 1.165) is 25.7 Å². The lowest BCUT2D eigenvalue weighted by atomic mass is 10.0. The molecule has 1 aliphatic rings. The zero-order valence-electron chi connectivity index (χ0n) is 18.5. The van der Waals surface area contributed by atoms with Crippen molar-refractivity contribution in [1.29, 1.82) is 0 Å². The number of nitrogens with one attached hydrogen (secondary N) is 1.